The van der Waals surface area contributed by atoms with Crippen LogP contribution in [0.25, 0.3) is 17.1 Å². The van der Waals surface area contributed by atoms with Gasteiger partial charge in [0.2, 0.25) is 0 Å². The molecule has 0 saturated heterocycles. The second-order valence-corrected chi connectivity index (χ2v) is 8.70. The number of alkyl halides is 3. The molecule has 0 fully saturated rings. The molecule has 3 N–H and O–H groups in total. The van der Waals surface area contributed by atoms with Crippen LogP contribution in [0.1, 0.15) is 11.6 Å². The molecular formula is C22H18Cl2F3N7O4. The highest BCUT2D eigenvalue weighted by Crippen LogP contribution is 2.25. The fourth-order valence-electron chi connectivity index (χ4n) is 3.44. The Balaban J connectivity index is 1.76. The molecule has 0 spiro atoms. The molecule has 4 aromatic rings. The third kappa shape index (κ3) is 5.98. The predicted octanol–water partition coefficient (Wildman–Crippen LogP) is 3.17. The number of hydrogen-bond donors (Lipinski definition) is 2. The first-order chi connectivity index (χ1) is 17.9. The quantitative estimate of drug-likeness (QED) is 0.330. The molecule has 2 aromatic carbocycles. The SMILES string of the molecule is NC(=O)OCc1nc(Cn2nc(-c3ccc(Cl)cc3)n(C[C@H](O)C(F)(F)F)c2=O)nn1-c1ccccc1Cl. The topological polar surface area (TPSA) is 143 Å². The lowest BCUT2D eigenvalue weighted by molar-refractivity contribution is -0.207. The zero-order valence-electron chi connectivity index (χ0n) is 19.1. The van der Waals surface area contributed by atoms with Crippen LogP contribution >= 0.6 is 23.2 Å². The van der Waals surface area contributed by atoms with Crippen molar-refractivity contribution in [1.82, 2.24) is 29.1 Å². The summed E-state index contributed by atoms with van der Waals surface area (Å²) in [5.41, 5.74) is 4.76. The van der Waals surface area contributed by atoms with E-state index in [0.717, 1.165) is 4.68 Å². The molecule has 4 rings (SSSR count). The maximum absolute atomic E-state index is 13.1. The highest BCUT2D eigenvalue weighted by atomic mass is 35.5. The van der Waals surface area contributed by atoms with Gasteiger partial charge in [-0.2, -0.15) is 13.2 Å². The fraction of sp³-hybridized carbons (Fsp3) is 0.227. The number of nitrogens with two attached hydrogens (primary N) is 1. The Kier molecular flexibility index (Phi) is 7.76. The van der Waals surface area contributed by atoms with Crippen molar-refractivity contribution < 1.29 is 27.8 Å². The third-order valence-corrected chi connectivity index (χ3v) is 5.76. The van der Waals surface area contributed by atoms with Crippen LogP contribution in [0.2, 0.25) is 10.0 Å². The number of carbonyl (C=O) groups is 1. The van der Waals surface area contributed by atoms with E-state index in [2.05, 4.69) is 15.2 Å². The van der Waals surface area contributed by atoms with Gasteiger partial charge in [0.25, 0.3) is 0 Å². The molecule has 0 aliphatic heterocycles. The van der Waals surface area contributed by atoms with Crippen molar-refractivity contribution in [2.45, 2.75) is 32.0 Å². The molecule has 0 aliphatic carbocycles. The van der Waals surface area contributed by atoms with E-state index in [4.69, 9.17) is 33.7 Å². The van der Waals surface area contributed by atoms with Gasteiger partial charge in [0.05, 0.1) is 17.3 Å². The van der Waals surface area contributed by atoms with E-state index >= 15 is 0 Å². The van der Waals surface area contributed by atoms with E-state index < -0.39 is 30.6 Å². The summed E-state index contributed by atoms with van der Waals surface area (Å²) in [6.45, 7) is -1.86. The summed E-state index contributed by atoms with van der Waals surface area (Å²) in [6, 6.07) is 12.5. The molecule has 38 heavy (non-hydrogen) atoms. The van der Waals surface area contributed by atoms with Gasteiger partial charge in [0.1, 0.15) is 6.54 Å². The van der Waals surface area contributed by atoms with Crippen molar-refractivity contribution >= 4 is 29.3 Å². The minimum absolute atomic E-state index is 0.00114. The molecule has 1 amide bonds. The summed E-state index contributed by atoms with van der Waals surface area (Å²) in [5, 5.41) is 18.8. The third-order valence-electron chi connectivity index (χ3n) is 5.19. The number of primary amides is 1. The Hall–Kier alpha value is -3.88. The number of hydrogen-bond acceptors (Lipinski definition) is 7. The van der Waals surface area contributed by atoms with E-state index in [0.29, 0.717) is 15.3 Å². The summed E-state index contributed by atoms with van der Waals surface area (Å²) < 4.78 is 46.9. The number of nitrogens with zero attached hydrogens (tertiary/aromatic N) is 6. The molecule has 0 radical (unpaired) electrons. The first-order valence-corrected chi connectivity index (χ1v) is 11.5. The number of para-hydroxylation sites is 1. The van der Waals surface area contributed by atoms with Gasteiger partial charge in [-0.05, 0) is 36.4 Å². The smallest absolute Gasteiger partial charge is 0.416 e. The van der Waals surface area contributed by atoms with Gasteiger partial charge in [-0.3, -0.25) is 4.57 Å². The van der Waals surface area contributed by atoms with Gasteiger partial charge in [0.15, 0.2) is 30.2 Å². The first-order valence-electron chi connectivity index (χ1n) is 10.7. The summed E-state index contributed by atoms with van der Waals surface area (Å²) in [4.78, 5) is 28.5. The van der Waals surface area contributed by atoms with Crippen molar-refractivity contribution in [3.05, 3.63) is 80.7 Å². The maximum atomic E-state index is 13.1. The largest absolute Gasteiger partial charge is 0.441 e. The monoisotopic (exact) mass is 571 g/mol. The van der Waals surface area contributed by atoms with Crippen LogP contribution in [0.15, 0.2) is 53.3 Å². The molecule has 1 atom stereocenters. The zero-order valence-corrected chi connectivity index (χ0v) is 20.7. The standard InChI is InChI=1S/C22H18Cl2F3N7O4/c23-13-7-5-12(6-8-13)19-31-33(21(37)32(19)9-16(35)22(25,26)27)10-17-29-18(11-38-20(28)36)34(30-17)15-4-2-1-3-14(15)24/h1-8,16,35H,9-11H2,(H2,28,36)/t16-/m0/s1. The van der Waals surface area contributed by atoms with Gasteiger partial charge in [-0.25, -0.2) is 23.9 Å². The highest BCUT2D eigenvalue weighted by Gasteiger charge is 2.39. The molecule has 2 heterocycles. The Morgan fingerprint density at radius 2 is 1.79 bits per heavy atom. The van der Waals surface area contributed by atoms with Crippen LogP contribution in [-0.2, 0) is 24.4 Å². The van der Waals surface area contributed by atoms with E-state index in [1.54, 1.807) is 24.3 Å². The minimum Gasteiger partial charge on any atom is -0.441 e. The highest BCUT2D eigenvalue weighted by molar-refractivity contribution is 6.32. The lowest BCUT2D eigenvalue weighted by atomic mass is 10.2. The van der Waals surface area contributed by atoms with Crippen LogP contribution in [0.5, 0.6) is 0 Å². The van der Waals surface area contributed by atoms with E-state index in [1.807, 2.05) is 0 Å². The van der Waals surface area contributed by atoms with Gasteiger partial charge < -0.3 is 15.6 Å². The van der Waals surface area contributed by atoms with Crippen LogP contribution in [0, 0.1) is 0 Å². The number of ether oxygens (including phenoxy) is 1. The van der Waals surface area contributed by atoms with Gasteiger partial charge in [0, 0.05) is 10.6 Å². The van der Waals surface area contributed by atoms with Gasteiger partial charge >= 0.3 is 18.0 Å². The minimum atomic E-state index is -4.97. The molecular weight excluding hydrogens is 554 g/mol. The molecule has 0 unspecified atom stereocenters. The maximum Gasteiger partial charge on any atom is 0.416 e. The summed E-state index contributed by atoms with van der Waals surface area (Å²) in [5.74, 6) is -0.0404. The van der Waals surface area contributed by atoms with Gasteiger partial charge in [-0.1, -0.05) is 35.3 Å². The molecule has 11 nitrogen and oxygen atoms in total. The lowest BCUT2D eigenvalue weighted by Gasteiger charge is -2.15. The molecule has 16 heteroatoms. The number of carbonyl (C=O) groups excluding carboxylic acids is 1. The summed E-state index contributed by atoms with van der Waals surface area (Å²) in [6.07, 6.45) is -8.85. The van der Waals surface area contributed by atoms with Crippen molar-refractivity contribution in [3.63, 3.8) is 0 Å². The number of benzene rings is 2. The normalized spacial score (nSPS) is 12.5. The van der Waals surface area contributed by atoms with Gasteiger partial charge in [-0.15, -0.1) is 10.2 Å². The lowest BCUT2D eigenvalue weighted by Crippen LogP contribution is -2.37. The number of amides is 1. The Morgan fingerprint density at radius 3 is 2.42 bits per heavy atom. The van der Waals surface area contributed by atoms with Crippen LogP contribution in [0.4, 0.5) is 18.0 Å². The van der Waals surface area contributed by atoms with Crippen molar-refractivity contribution in [1.29, 1.82) is 0 Å². The second-order valence-electron chi connectivity index (χ2n) is 7.85. The number of aliphatic hydroxyl groups is 1. The average Bonchev–Trinajstić information content (AvgIpc) is 3.39. The van der Waals surface area contributed by atoms with Crippen LogP contribution in [0.3, 0.4) is 0 Å². The molecule has 0 saturated carbocycles. The summed E-state index contributed by atoms with van der Waals surface area (Å²) >= 11 is 12.2. The van der Waals surface area contributed by atoms with Crippen LogP contribution < -0.4 is 11.4 Å². The van der Waals surface area contributed by atoms with E-state index in [-0.39, 0.29) is 41.2 Å². The van der Waals surface area contributed by atoms with E-state index in [1.165, 1.54) is 28.9 Å². The fourth-order valence-corrected chi connectivity index (χ4v) is 3.78. The Morgan fingerprint density at radius 1 is 1.11 bits per heavy atom. The Bertz CT molecular complexity index is 1520. The van der Waals surface area contributed by atoms with Crippen molar-refractivity contribution in [2.75, 3.05) is 0 Å². The average molecular weight is 572 g/mol. The zero-order chi connectivity index (χ0) is 27.6. The number of aromatic nitrogens is 6. The number of rotatable bonds is 8. The Labute approximate surface area is 221 Å². The predicted molar refractivity (Wildman–Crippen MR) is 129 cm³/mol. The first kappa shape index (κ1) is 27.2. The van der Waals surface area contributed by atoms with Crippen molar-refractivity contribution in [3.8, 4) is 17.1 Å². The molecule has 0 bridgehead atoms. The van der Waals surface area contributed by atoms with Crippen molar-refractivity contribution in [2.24, 2.45) is 5.73 Å². The second kappa shape index (κ2) is 10.8. The summed E-state index contributed by atoms with van der Waals surface area (Å²) in [7, 11) is 0. The molecule has 200 valence electrons. The van der Waals surface area contributed by atoms with Crippen LogP contribution in [-0.4, -0.2) is 52.6 Å². The van der Waals surface area contributed by atoms with E-state index in [9.17, 15) is 27.9 Å². The number of aliphatic hydroxyl groups excluding tert-OH is 1. The molecule has 0 aliphatic rings. The molecule has 2 aromatic heterocycles. The number of halogens is 5.